The number of hydrogen-bond acceptors (Lipinski definition) is 6. The van der Waals surface area contributed by atoms with Crippen molar-refractivity contribution in [3.8, 4) is 17.6 Å². The van der Waals surface area contributed by atoms with Crippen LogP contribution in [0.5, 0.6) is 11.5 Å². The lowest BCUT2D eigenvalue weighted by Gasteiger charge is -2.09. The Labute approximate surface area is 139 Å². The highest BCUT2D eigenvalue weighted by Gasteiger charge is 2.12. The van der Waals surface area contributed by atoms with E-state index in [1.165, 1.54) is 13.2 Å². The molecule has 0 spiro atoms. The highest BCUT2D eigenvalue weighted by molar-refractivity contribution is 6.09. The van der Waals surface area contributed by atoms with Crippen LogP contribution in [0.1, 0.15) is 18.2 Å². The van der Waals surface area contributed by atoms with Gasteiger partial charge in [0, 0.05) is 6.07 Å². The van der Waals surface area contributed by atoms with Crippen molar-refractivity contribution in [1.29, 1.82) is 5.26 Å². The van der Waals surface area contributed by atoms with Gasteiger partial charge in [-0.15, -0.1) is 0 Å². The molecule has 1 aromatic heterocycles. The van der Waals surface area contributed by atoms with Crippen LogP contribution in [-0.4, -0.2) is 24.8 Å². The first-order valence-corrected chi connectivity index (χ1v) is 7.24. The lowest BCUT2D eigenvalue weighted by atomic mass is 10.1. The molecule has 0 fully saturated rings. The van der Waals surface area contributed by atoms with Gasteiger partial charge in [0.05, 0.1) is 13.7 Å². The van der Waals surface area contributed by atoms with Gasteiger partial charge in [-0.25, -0.2) is 0 Å². The quantitative estimate of drug-likeness (QED) is 0.647. The molecule has 7 nitrogen and oxygen atoms in total. The minimum atomic E-state index is -0.571. The summed E-state index contributed by atoms with van der Waals surface area (Å²) in [5.74, 6) is 1.36. The van der Waals surface area contributed by atoms with E-state index >= 15 is 0 Å². The summed E-state index contributed by atoms with van der Waals surface area (Å²) in [4.78, 5) is 12.1. The first-order chi connectivity index (χ1) is 11.6. The number of aryl methyl sites for hydroxylation is 1. The fourth-order valence-electron chi connectivity index (χ4n) is 1.97. The number of ether oxygens (including phenoxy) is 2. The van der Waals surface area contributed by atoms with Crippen molar-refractivity contribution < 1.29 is 18.8 Å². The number of benzene rings is 1. The van der Waals surface area contributed by atoms with Crippen molar-refractivity contribution in [1.82, 2.24) is 5.16 Å². The lowest BCUT2D eigenvalue weighted by molar-refractivity contribution is -0.112. The minimum Gasteiger partial charge on any atom is -0.493 e. The molecule has 24 heavy (non-hydrogen) atoms. The molecule has 2 rings (SSSR count). The molecule has 1 heterocycles. The van der Waals surface area contributed by atoms with Gasteiger partial charge < -0.3 is 19.3 Å². The maximum absolute atomic E-state index is 12.1. The van der Waals surface area contributed by atoms with E-state index in [1.807, 2.05) is 13.0 Å². The Morgan fingerprint density at radius 1 is 1.42 bits per heavy atom. The second kappa shape index (κ2) is 7.83. The summed E-state index contributed by atoms with van der Waals surface area (Å²) in [6.45, 7) is 4.08. The van der Waals surface area contributed by atoms with Crippen LogP contribution in [0.15, 0.2) is 34.4 Å². The molecule has 0 aliphatic heterocycles. The van der Waals surface area contributed by atoms with Gasteiger partial charge in [0.2, 0.25) is 0 Å². The third-order valence-corrected chi connectivity index (χ3v) is 3.03. The summed E-state index contributed by atoms with van der Waals surface area (Å²) in [6.07, 6.45) is 1.46. The summed E-state index contributed by atoms with van der Waals surface area (Å²) < 4.78 is 15.6. The van der Waals surface area contributed by atoms with Gasteiger partial charge in [-0.1, -0.05) is 11.2 Å². The average molecular weight is 327 g/mol. The fraction of sp³-hybridized carbons (Fsp3) is 0.235. The topological polar surface area (TPSA) is 97.4 Å². The van der Waals surface area contributed by atoms with Crippen LogP contribution in [-0.2, 0) is 4.79 Å². The van der Waals surface area contributed by atoms with E-state index in [-0.39, 0.29) is 11.4 Å². The molecule has 1 amide bonds. The van der Waals surface area contributed by atoms with Crippen LogP contribution in [0, 0.1) is 18.3 Å². The number of carbonyl (C=O) groups excluding carboxylic acids is 1. The largest absolute Gasteiger partial charge is 0.493 e. The maximum atomic E-state index is 12.1. The Bertz CT molecular complexity index is 802. The first-order valence-electron chi connectivity index (χ1n) is 7.24. The van der Waals surface area contributed by atoms with Gasteiger partial charge in [-0.05, 0) is 37.6 Å². The molecule has 0 saturated carbocycles. The van der Waals surface area contributed by atoms with Crippen LogP contribution in [0.25, 0.3) is 6.08 Å². The zero-order valence-electron chi connectivity index (χ0n) is 13.6. The second-order valence-corrected chi connectivity index (χ2v) is 4.79. The number of nitrogens with one attached hydrogen (secondary N) is 1. The van der Waals surface area contributed by atoms with Crippen molar-refractivity contribution in [3.05, 3.63) is 41.2 Å². The van der Waals surface area contributed by atoms with E-state index in [2.05, 4.69) is 10.5 Å². The zero-order chi connectivity index (χ0) is 17.5. The third kappa shape index (κ3) is 4.14. The SMILES string of the molecule is CCOc1ccc(/C=C(/C#N)C(=O)Nc2cc(C)on2)cc1OC. The van der Waals surface area contributed by atoms with Gasteiger partial charge in [0.1, 0.15) is 17.4 Å². The molecule has 2 aromatic rings. The molecule has 0 aliphatic rings. The normalized spacial score (nSPS) is 10.8. The molecule has 1 N–H and O–H groups in total. The van der Waals surface area contributed by atoms with Crippen molar-refractivity contribution in [2.75, 3.05) is 19.0 Å². The van der Waals surface area contributed by atoms with Crippen molar-refractivity contribution in [2.24, 2.45) is 0 Å². The summed E-state index contributed by atoms with van der Waals surface area (Å²) in [7, 11) is 1.52. The fourth-order valence-corrected chi connectivity index (χ4v) is 1.97. The lowest BCUT2D eigenvalue weighted by Crippen LogP contribution is -2.13. The molecule has 0 bridgehead atoms. The molecular formula is C17H17N3O4. The molecule has 0 radical (unpaired) electrons. The summed E-state index contributed by atoms with van der Waals surface area (Å²) in [6, 6.07) is 8.58. The van der Waals surface area contributed by atoms with Crippen LogP contribution >= 0.6 is 0 Å². The highest BCUT2D eigenvalue weighted by Crippen LogP contribution is 2.29. The molecule has 124 valence electrons. The zero-order valence-corrected chi connectivity index (χ0v) is 13.6. The number of nitrogens with zero attached hydrogens (tertiary/aromatic N) is 2. The highest BCUT2D eigenvalue weighted by atomic mass is 16.5. The third-order valence-electron chi connectivity index (χ3n) is 3.03. The summed E-state index contributed by atoms with van der Waals surface area (Å²) in [5, 5.41) is 15.4. The summed E-state index contributed by atoms with van der Waals surface area (Å²) in [5.41, 5.74) is 0.570. The van der Waals surface area contributed by atoms with Gasteiger partial charge >= 0.3 is 0 Å². The predicted molar refractivity (Wildman–Crippen MR) is 87.6 cm³/mol. The van der Waals surface area contributed by atoms with Crippen molar-refractivity contribution in [3.63, 3.8) is 0 Å². The Balaban J connectivity index is 2.23. The standard InChI is InChI=1S/C17H17N3O4/c1-4-23-14-6-5-12(9-15(14)22-3)8-13(10-18)17(21)19-16-7-11(2)24-20-16/h5-9H,4H2,1-3H3,(H,19,20,21)/b13-8-. The Hall–Kier alpha value is -3.27. The minimum absolute atomic E-state index is 0.0677. The predicted octanol–water partition coefficient (Wildman–Crippen LogP) is 2.94. The molecule has 0 atom stereocenters. The Morgan fingerprint density at radius 3 is 2.79 bits per heavy atom. The van der Waals surface area contributed by atoms with Crippen molar-refractivity contribution >= 4 is 17.8 Å². The second-order valence-electron chi connectivity index (χ2n) is 4.79. The average Bonchev–Trinajstić information content (AvgIpc) is 2.98. The van der Waals surface area contributed by atoms with Crippen LogP contribution in [0.3, 0.4) is 0 Å². The molecule has 1 aromatic carbocycles. The van der Waals surface area contributed by atoms with E-state index in [4.69, 9.17) is 14.0 Å². The van der Waals surface area contributed by atoms with Crippen LogP contribution in [0.4, 0.5) is 5.82 Å². The van der Waals surface area contributed by atoms with E-state index in [1.54, 1.807) is 31.2 Å². The molecule has 7 heteroatoms. The monoisotopic (exact) mass is 327 g/mol. The number of amides is 1. The van der Waals surface area contributed by atoms with E-state index in [0.717, 1.165) is 0 Å². The van der Waals surface area contributed by atoms with Crippen LogP contribution < -0.4 is 14.8 Å². The Morgan fingerprint density at radius 2 is 2.21 bits per heavy atom. The van der Waals surface area contributed by atoms with Gasteiger partial charge in [0.25, 0.3) is 5.91 Å². The number of hydrogen-bond donors (Lipinski definition) is 1. The van der Waals surface area contributed by atoms with Gasteiger partial charge in [-0.2, -0.15) is 5.26 Å². The van der Waals surface area contributed by atoms with Crippen molar-refractivity contribution in [2.45, 2.75) is 13.8 Å². The van der Waals surface area contributed by atoms with E-state index in [0.29, 0.717) is 29.4 Å². The number of carbonyl (C=O) groups is 1. The number of rotatable bonds is 6. The van der Waals surface area contributed by atoms with Gasteiger partial charge in [-0.3, -0.25) is 4.79 Å². The van der Waals surface area contributed by atoms with Gasteiger partial charge in [0.15, 0.2) is 17.3 Å². The number of nitriles is 1. The summed E-state index contributed by atoms with van der Waals surface area (Å²) >= 11 is 0. The number of anilines is 1. The number of aromatic nitrogens is 1. The maximum Gasteiger partial charge on any atom is 0.267 e. The molecule has 0 aliphatic carbocycles. The molecular weight excluding hydrogens is 310 g/mol. The smallest absolute Gasteiger partial charge is 0.267 e. The first kappa shape index (κ1) is 17.1. The van der Waals surface area contributed by atoms with E-state index < -0.39 is 5.91 Å². The van der Waals surface area contributed by atoms with Crippen LogP contribution in [0.2, 0.25) is 0 Å². The van der Waals surface area contributed by atoms with E-state index in [9.17, 15) is 10.1 Å². The number of methoxy groups -OCH3 is 1. The molecule has 0 unspecified atom stereocenters. The molecule has 0 saturated heterocycles. The Kier molecular flexibility index (Phi) is 5.58.